The van der Waals surface area contributed by atoms with Crippen LogP contribution in [0.25, 0.3) is 22.0 Å². The van der Waals surface area contributed by atoms with E-state index in [4.69, 9.17) is 0 Å². The fourth-order valence-corrected chi connectivity index (χ4v) is 3.61. The van der Waals surface area contributed by atoms with Crippen molar-refractivity contribution < 1.29 is 4.79 Å². The summed E-state index contributed by atoms with van der Waals surface area (Å²) < 4.78 is 1.60. The molecule has 4 rings (SSSR count). The number of amides is 1. The van der Waals surface area contributed by atoms with Crippen LogP contribution in [0.4, 0.5) is 0 Å². The second kappa shape index (κ2) is 8.37. The second-order valence-corrected chi connectivity index (χ2v) is 7.48. The van der Waals surface area contributed by atoms with Gasteiger partial charge in [0.05, 0.1) is 5.69 Å². The summed E-state index contributed by atoms with van der Waals surface area (Å²) in [5, 5.41) is 8.17. The fourth-order valence-electron chi connectivity index (χ4n) is 3.61. The summed E-state index contributed by atoms with van der Waals surface area (Å²) in [4.78, 5) is 26.5. The van der Waals surface area contributed by atoms with E-state index in [1.54, 1.807) is 23.9 Å². The summed E-state index contributed by atoms with van der Waals surface area (Å²) in [6.45, 7) is 2.49. The number of aromatic nitrogens is 3. The van der Waals surface area contributed by atoms with Gasteiger partial charge in [0, 0.05) is 25.2 Å². The molecule has 0 bridgehead atoms. The van der Waals surface area contributed by atoms with Crippen LogP contribution in [0, 0.1) is 6.92 Å². The Labute approximate surface area is 174 Å². The Kier molecular flexibility index (Phi) is 5.48. The minimum Gasteiger partial charge on any atom is -0.351 e. The average molecular weight is 400 g/mol. The van der Waals surface area contributed by atoms with E-state index in [9.17, 15) is 9.59 Å². The first kappa shape index (κ1) is 19.6. The van der Waals surface area contributed by atoms with Crippen molar-refractivity contribution in [3.63, 3.8) is 0 Å². The van der Waals surface area contributed by atoms with Crippen LogP contribution >= 0.6 is 0 Å². The van der Waals surface area contributed by atoms with E-state index in [2.05, 4.69) is 45.7 Å². The number of aromatic amines is 1. The normalized spacial score (nSPS) is 11.0. The summed E-state index contributed by atoms with van der Waals surface area (Å²) in [6.07, 6.45) is 1.76. The standard InChI is InChI=1S/C24H24N4O2/c1-16-14-22(28(2)27-16)24(30)25-13-3-4-17-5-7-18(8-6-17)19-9-11-21-20(15-19)10-12-23(29)26-21/h5-12,14-15H,3-4,13H2,1-2H3,(H,25,30)(H,26,29). The molecule has 0 aliphatic rings. The zero-order valence-electron chi connectivity index (χ0n) is 17.1. The number of rotatable bonds is 6. The Morgan fingerprint density at radius 2 is 1.80 bits per heavy atom. The number of benzene rings is 2. The van der Waals surface area contributed by atoms with Gasteiger partial charge in [0.1, 0.15) is 5.69 Å². The second-order valence-electron chi connectivity index (χ2n) is 7.48. The number of H-pyrrole nitrogens is 1. The molecule has 152 valence electrons. The lowest BCUT2D eigenvalue weighted by Crippen LogP contribution is -2.26. The van der Waals surface area contributed by atoms with Crippen LogP contribution in [0.3, 0.4) is 0 Å². The number of carbonyl (C=O) groups excluding carboxylic acids is 1. The maximum atomic E-state index is 12.2. The van der Waals surface area contributed by atoms with Crippen molar-refractivity contribution in [2.75, 3.05) is 6.54 Å². The Morgan fingerprint density at radius 3 is 2.53 bits per heavy atom. The number of nitrogens with zero attached hydrogens (tertiary/aromatic N) is 2. The molecule has 0 saturated heterocycles. The zero-order valence-corrected chi connectivity index (χ0v) is 17.1. The molecule has 2 aromatic heterocycles. The zero-order chi connectivity index (χ0) is 21.1. The van der Waals surface area contributed by atoms with Crippen LogP contribution in [-0.2, 0) is 13.5 Å². The van der Waals surface area contributed by atoms with Crippen molar-refractivity contribution in [3.05, 3.63) is 88.0 Å². The summed E-state index contributed by atoms with van der Waals surface area (Å²) in [5.74, 6) is -0.0916. The number of pyridine rings is 1. The van der Waals surface area contributed by atoms with Gasteiger partial charge in [-0.1, -0.05) is 30.3 Å². The third-order valence-corrected chi connectivity index (χ3v) is 5.17. The number of fused-ring (bicyclic) bond motifs is 1. The van der Waals surface area contributed by atoms with Gasteiger partial charge in [-0.05, 0) is 66.1 Å². The molecular formula is C24H24N4O2. The Morgan fingerprint density at radius 1 is 1.03 bits per heavy atom. The van der Waals surface area contributed by atoms with Crippen molar-refractivity contribution in [3.8, 4) is 11.1 Å². The lowest BCUT2D eigenvalue weighted by Gasteiger charge is -2.07. The number of aryl methyl sites for hydroxylation is 3. The van der Waals surface area contributed by atoms with Gasteiger partial charge in [0.2, 0.25) is 5.56 Å². The molecule has 2 aromatic carbocycles. The molecule has 0 radical (unpaired) electrons. The third kappa shape index (κ3) is 4.33. The molecule has 2 heterocycles. The predicted octanol–water partition coefficient (Wildman–Crippen LogP) is 3.60. The highest BCUT2D eigenvalue weighted by atomic mass is 16.2. The number of carbonyl (C=O) groups is 1. The van der Waals surface area contributed by atoms with Gasteiger partial charge >= 0.3 is 0 Å². The number of hydrogen-bond donors (Lipinski definition) is 2. The SMILES string of the molecule is Cc1cc(C(=O)NCCCc2ccc(-c3ccc4[nH]c(=O)ccc4c3)cc2)n(C)n1. The highest BCUT2D eigenvalue weighted by Crippen LogP contribution is 2.23. The predicted molar refractivity (Wildman–Crippen MR) is 119 cm³/mol. The van der Waals surface area contributed by atoms with E-state index >= 15 is 0 Å². The first-order chi connectivity index (χ1) is 14.5. The van der Waals surface area contributed by atoms with Gasteiger partial charge in [0.15, 0.2) is 0 Å². The quantitative estimate of drug-likeness (QED) is 0.485. The van der Waals surface area contributed by atoms with Gasteiger partial charge in [0.25, 0.3) is 5.91 Å². The molecule has 0 atom stereocenters. The summed E-state index contributed by atoms with van der Waals surface area (Å²) in [5.41, 5.74) is 5.64. The largest absolute Gasteiger partial charge is 0.351 e. The number of nitrogens with one attached hydrogen (secondary N) is 2. The smallest absolute Gasteiger partial charge is 0.269 e. The molecule has 4 aromatic rings. The van der Waals surface area contributed by atoms with Crippen molar-refractivity contribution >= 4 is 16.8 Å². The van der Waals surface area contributed by atoms with Gasteiger partial charge in [-0.25, -0.2) is 0 Å². The molecule has 0 saturated carbocycles. The fraction of sp³-hybridized carbons (Fsp3) is 0.208. The van der Waals surface area contributed by atoms with Gasteiger partial charge < -0.3 is 10.3 Å². The summed E-state index contributed by atoms with van der Waals surface area (Å²) in [6, 6.07) is 19.7. The molecular weight excluding hydrogens is 376 g/mol. The molecule has 0 aliphatic carbocycles. The van der Waals surface area contributed by atoms with Gasteiger partial charge in [-0.15, -0.1) is 0 Å². The van der Waals surface area contributed by atoms with Crippen molar-refractivity contribution in [2.45, 2.75) is 19.8 Å². The van der Waals surface area contributed by atoms with E-state index in [0.29, 0.717) is 12.2 Å². The monoisotopic (exact) mass is 400 g/mol. The van der Waals surface area contributed by atoms with Crippen LogP contribution in [-0.4, -0.2) is 27.2 Å². The van der Waals surface area contributed by atoms with Crippen LogP contribution in [0.1, 0.15) is 28.2 Å². The minimum absolute atomic E-state index is 0.0915. The first-order valence-electron chi connectivity index (χ1n) is 10.0. The topological polar surface area (TPSA) is 79.8 Å². The van der Waals surface area contributed by atoms with Crippen molar-refractivity contribution in [1.82, 2.24) is 20.1 Å². The van der Waals surface area contributed by atoms with Gasteiger partial charge in [-0.2, -0.15) is 5.10 Å². The number of hydrogen-bond acceptors (Lipinski definition) is 3. The van der Waals surface area contributed by atoms with Crippen LogP contribution in [0.5, 0.6) is 0 Å². The molecule has 30 heavy (non-hydrogen) atoms. The van der Waals surface area contributed by atoms with E-state index in [1.807, 2.05) is 25.1 Å². The average Bonchev–Trinajstić information content (AvgIpc) is 3.09. The van der Waals surface area contributed by atoms with Crippen molar-refractivity contribution in [2.24, 2.45) is 7.05 Å². The highest BCUT2D eigenvalue weighted by Gasteiger charge is 2.10. The van der Waals surface area contributed by atoms with E-state index in [1.165, 1.54) is 5.56 Å². The molecule has 6 heteroatoms. The van der Waals surface area contributed by atoms with E-state index in [-0.39, 0.29) is 11.5 Å². The van der Waals surface area contributed by atoms with Gasteiger partial charge in [-0.3, -0.25) is 14.3 Å². The van der Waals surface area contributed by atoms with E-state index in [0.717, 1.165) is 40.6 Å². The van der Waals surface area contributed by atoms with Crippen LogP contribution in [0.2, 0.25) is 0 Å². The lowest BCUT2D eigenvalue weighted by atomic mass is 10.0. The molecule has 0 unspecified atom stereocenters. The summed E-state index contributed by atoms with van der Waals surface area (Å²) >= 11 is 0. The maximum Gasteiger partial charge on any atom is 0.269 e. The first-order valence-corrected chi connectivity index (χ1v) is 10.0. The lowest BCUT2D eigenvalue weighted by molar-refractivity contribution is 0.0944. The third-order valence-electron chi connectivity index (χ3n) is 5.17. The molecule has 0 aliphatic heterocycles. The van der Waals surface area contributed by atoms with Crippen LogP contribution in [0.15, 0.2) is 65.5 Å². The summed E-state index contributed by atoms with van der Waals surface area (Å²) in [7, 11) is 1.78. The Hall–Kier alpha value is -3.67. The van der Waals surface area contributed by atoms with Crippen molar-refractivity contribution in [1.29, 1.82) is 0 Å². The highest BCUT2D eigenvalue weighted by molar-refractivity contribution is 5.92. The molecule has 6 nitrogen and oxygen atoms in total. The molecule has 0 fully saturated rings. The minimum atomic E-state index is -0.0916. The molecule has 2 N–H and O–H groups in total. The molecule has 0 spiro atoms. The Balaban J connectivity index is 1.34. The Bertz CT molecular complexity index is 1250. The van der Waals surface area contributed by atoms with E-state index < -0.39 is 0 Å². The maximum absolute atomic E-state index is 12.2. The molecule has 1 amide bonds. The van der Waals surface area contributed by atoms with Crippen LogP contribution < -0.4 is 10.9 Å².